The summed E-state index contributed by atoms with van der Waals surface area (Å²) in [7, 11) is 1.69. The summed E-state index contributed by atoms with van der Waals surface area (Å²) in [5.41, 5.74) is 2.30. The molecule has 2 atom stereocenters. The van der Waals surface area contributed by atoms with Gasteiger partial charge in [-0.1, -0.05) is 48.0 Å². The van der Waals surface area contributed by atoms with Gasteiger partial charge in [-0.15, -0.1) is 0 Å². The number of benzene rings is 2. The number of carbonyl (C=O) groups is 2. The third kappa shape index (κ3) is 5.85. The molecule has 2 heterocycles. The number of likely N-dealkylation sites (tertiary alicyclic amines) is 2. The van der Waals surface area contributed by atoms with Crippen LogP contribution in [-0.4, -0.2) is 66.6 Å². The Hall–Kier alpha value is -3.06. The monoisotopic (exact) mass is 450 g/mol. The van der Waals surface area contributed by atoms with Gasteiger partial charge in [0.15, 0.2) is 0 Å². The Morgan fingerprint density at radius 2 is 1.73 bits per heavy atom. The van der Waals surface area contributed by atoms with Crippen LogP contribution in [0.4, 0.5) is 4.79 Å². The van der Waals surface area contributed by atoms with Crippen LogP contribution in [0.1, 0.15) is 30.4 Å². The molecule has 2 fully saturated rings. The Labute approximate surface area is 196 Å². The first-order valence-corrected chi connectivity index (χ1v) is 11.8. The zero-order valence-corrected chi connectivity index (χ0v) is 19.5. The van der Waals surface area contributed by atoms with Crippen LogP contribution in [-0.2, 0) is 11.3 Å². The number of carbonyl (C=O) groups excluding carboxylic acids is 2. The van der Waals surface area contributed by atoms with E-state index < -0.39 is 0 Å². The smallest absolute Gasteiger partial charge is 0.317 e. The van der Waals surface area contributed by atoms with Gasteiger partial charge in [0.25, 0.3) is 0 Å². The molecule has 7 nitrogen and oxygen atoms in total. The fourth-order valence-electron chi connectivity index (χ4n) is 4.82. The number of piperidine rings is 1. The third-order valence-electron chi connectivity index (χ3n) is 6.68. The molecular formula is C26H34N4O3. The van der Waals surface area contributed by atoms with Gasteiger partial charge in [0.1, 0.15) is 11.9 Å². The number of nitrogens with zero attached hydrogens (tertiary/aromatic N) is 2. The van der Waals surface area contributed by atoms with Gasteiger partial charge in [0.05, 0.1) is 6.04 Å². The number of ether oxygens (including phenoxy) is 1. The van der Waals surface area contributed by atoms with Gasteiger partial charge in [-0.25, -0.2) is 4.79 Å². The summed E-state index contributed by atoms with van der Waals surface area (Å²) in [6.07, 6.45) is 2.35. The zero-order valence-electron chi connectivity index (χ0n) is 19.5. The van der Waals surface area contributed by atoms with Crippen LogP contribution in [0.25, 0.3) is 0 Å². The highest BCUT2D eigenvalue weighted by molar-refractivity contribution is 5.82. The standard InChI is InChI=1S/C26H34N4O3/c1-19-8-10-20(11-9-19)17-28-26(32)29-14-12-21(13-15-29)30-18-23(16-24(30)25(31)27-2)33-22-6-4-3-5-7-22/h3-11,21,23-24H,12-18H2,1-2H3,(H,27,31)(H,28,32)/t23-,24-/m0/s1. The van der Waals surface area contributed by atoms with Crippen LogP contribution in [0.2, 0.25) is 0 Å². The Morgan fingerprint density at radius 1 is 1.03 bits per heavy atom. The average molecular weight is 451 g/mol. The number of aryl methyl sites for hydroxylation is 1. The summed E-state index contributed by atoms with van der Waals surface area (Å²) >= 11 is 0. The van der Waals surface area contributed by atoms with E-state index in [0.717, 1.165) is 30.7 Å². The highest BCUT2D eigenvalue weighted by Crippen LogP contribution is 2.29. The minimum atomic E-state index is -0.198. The van der Waals surface area contributed by atoms with Crippen molar-refractivity contribution in [2.75, 3.05) is 26.7 Å². The molecular weight excluding hydrogens is 416 g/mol. The van der Waals surface area contributed by atoms with Crippen LogP contribution in [0, 0.1) is 6.92 Å². The molecule has 2 aliphatic rings. The molecule has 2 saturated heterocycles. The fourth-order valence-corrected chi connectivity index (χ4v) is 4.82. The number of amides is 3. The SMILES string of the molecule is CNC(=O)[C@@H]1C[C@H](Oc2ccccc2)CN1C1CCN(C(=O)NCc2ccc(C)cc2)CC1. The van der Waals surface area contributed by atoms with Crippen molar-refractivity contribution in [3.63, 3.8) is 0 Å². The Bertz CT molecular complexity index is 926. The molecule has 2 aliphatic heterocycles. The second kappa shape index (κ2) is 10.7. The number of hydrogen-bond acceptors (Lipinski definition) is 4. The Kier molecular flexibility index (Phi) is 7.50. The molecule has 33 heavy (non-hydrogen) atoms. The van der Waals surface area contributed by atoms with E-state index in [0.29, 0.717) is 26.1 Å². The lowest BCUT2D eigenvalue weighted by Crippen LogP contribution is -2.53. The molecule has 2 aromatic rings. The second-order valence-corrected chi connectivity index (χ2v) is 8.98. The summed E-state index contributed by atoms with van der Waals surface area (Å²) in [6.45, 7) is 4.68. The van der Waals surface area contributed by atoms with Gasteiger partial charge in [0.2, 0.25) is 5.91 Å². The van der Waals surface area contributed by atoms with Gasteiger partial charge in [0, 0.05) is 45.7 Å². The molecule has 7 heteroatoms. The van der Waals surface area contributed by atoms with Crippen LogP contribution in [0.5, 0.6) is 5.75 Å². The van der Waals surface area contributed by atoms with E-state index in [4.69, 9.17) is 4.74 Å². The Balaban J connectivity index is 1.30. The molecule has 0 aliphatic carbocycles. The lowest BCUT2D eigenvalue weighted by molar-refractivity contribution is -0.126. The number of rotatable bonds is 6. The molecule has 2 N–H and O–H groups in total. The predicted molar refractivity (Wildman–Crippen MR) is 128 cm³/mol. The average Bonchev–Trinajstić information content (AvgIpc) is 3.27. The first-order valence-electron chi connectivity index (χ1n) is 11.8. The quantitative estimate of drug-likeness (QED) is 0.710. The third-order valence-corrected chi connectivity index (χ3v) is 6.68. The van der Waals surface area contributed by atoms with E-state index in [1.165, 1.54) is 5.56 Å². The van der Waals surface area contributed by atoms with Gasteiger partial charge < -0.3 is 20.3 Å². The highest BCUT2D eigenvalue weighted by Gasteiger charge is 2.42. The predicted octanol–water partition coefficient (Wildman–Crippen LogP) is 2.94. The molecule has 4 rings (SSSR count). The van der Waals surface area contributed by atoms with Crippen LogP contribution >= 0.6 is 0 Å². The minimum absolute atomic E-state index is 0.0227. The zero-order chi connectivity index (χ0) is 23.2. The van der Waals surface area contributed by atoms with Gasteiger partial charge in [-0.3, -0.25) is 9.69 Å². The van der Waals surface area contributed by atoms with E-state index in [-0.39, 0.29) is 30.1 Å². The van der Waals surface area contributed by atoms with Crippen molar-refractivity contribution < 1.29 is 14.3 Å². The molecule has 0 bridgehead atoms. The van der Waals surface area contributed by atoms with E-state index in [9.17, 15) is 9.59 Å². The van der Waals surface area contributed by atoms with Crippen molar-refractivity contribution in [1.29, 1.82) is 0 Å². The largest absolute Gasteiger partial charge is 0.489 e. The molecule has 0 radical (unpaired) electrons. The fraction of sp³-hybridized carbons (Fsp3) is 0.462. The molecule has 2 aromatic carbocycles. The number of para-hydroxylation sites is 1. The number of likely N-dealkylation sites (N-methyl/N-ethyl adjacent to an activating group) is 1. The van der Waals surface area contributed by atoms with Gasteiger partial charge >= 0.3 is 6.03 Å². The van der Waals surface area contributed by atoms with Gasteiger partial charge in [-0.2, -0.15) is 0 Å². The lowest BCUT2D eigenvalue weighted by atomic mass is 10.0. The number of nitrogens with one attached hydrogen (secondary N) is 2. The van der Waals surface area contributed by atoms with Crippen molar-refractivity contribution in [2.24, 2.45) is 0 Å². The van der Waals surface area contributed by atoms with Crippen molar-refractivity contribution >= 4 is 11.9 Å². The molecule has 0 spiro atoms. The number of urea groups is 1. The summed E-state index contributed by atoms with van der Waals surface area (Å²) in [5.74, 6) is 0.868. The van der Waals surface area contributed by atoms with Crippen molar-refractivity contribution in [3.05, 3.63) is 65.7 Å². The normalized spacial score (nSPS) is 21.6. The topological polar surface area (TPSA) is 73.9 Å². The van der Waals surface area contributed by atoms with Crippen molar-refractivity contribution in [3.8, 4) is 5.75 Å². The summed E-state index contributed by atoms with van der Waals surface area (Å²) in [6, 6.07) is 18.0. The maximum absolute atomic E-state index is 12.7. The molecule has 0 saturated carbocycles. The van der Waals surface area contributed by atoms with Gasteiger partial charge in [-0.05, 0) is 37.5 Å². The highest BCUT2D eigenvalue weighted by atomic mass is 16.5. The maximum atomic E-state index is 12.7. The van der Waals surface area contributed by atoms with E-state index >= 15 is 0 Å². The molecule has 0 unspecified atom stereocenters. The number of hydrogen-bond donors (Lipinski definition) is 2. The first kappa shape index (κ1) is 23.1. The minimum Gasteiger partial charge on any atom is -0.489 e. The lowest BCUT2D eigenvalue weighted by Gasteiger charge is -2.38. The van der Waals surface area contributed by atoms with E-state index in [2.05, 4.69) is 34.6 Å². The summed E-state index contributed by atoms with van der Waals surface area (Å²) < 4.78 is 6.17. The summed E-state index contributed by atoms with van der Waals surface area (Å²) in [5, 5.41) is 5.84. The first-order chi connectivity index (χ1) is 16.0. The second-order valence-electron chi connectivity index (χ2n) is 8.98. The van der Waals surface area contributed by atoms with Crippen molar-refractivity contribution in [2.45, 2.75) is 50.9 Å². The van der Waals surface area contributed by atoms with Crippen molar-refractivity contribution in [1.82, 2.24) is 20.4 Å². The van der Waals surface area contributed by atoms with Crippen LogP contribution < -0.4 is 15.4 Å². The molecule has 176 valence electrons. The van der Waals surface area contributed by atoms with Crippen LogP contribution in [0.3, 0.4) is 0 Å². The molecule has 0 aromatic heterocycles. The summed E-state index contributed by atoms with van der Waals surface area (Å²) in [4.78, 5) is 29.4. The Morgan fingerprint density at radius 3 is 2.39 bits per heavy atom. The van der Waals surface area contributed by atoms with E-state index in [1.807, 2.05) is 47.4 Å². The molecule has 3 amide bonds. The van der Waals surface area contributed by atoms with E-state index in [1.54, 1.807) is 7.05 Å². The maximum Gasteiger partial charge on any atom is 0.317 e. The van der Waals surface area contributed by atoms with Crippen LogP contribution in [0.15, 0.2) is 54.6 Å².